The average molecular weight is 341 g/mol. The summed E-state index contributed by atoms with van der Waals surface area (Å²) in [6.45, 7) is 8.16. The fourth-order valence-corrected chi connectivity index (χ4v) is 2.77. The standard InChI is InChI=1S/C21H27NO3/c1-14(2)17-11-10-15(3)12-20(17)25-13-21(23)22-16(4)18-8-6-7-9-19(18)24-5/h6-12,14,16H,13H2,1-5H3,(H,22,23). The van der Waals surface area contributed by atoms with Crippen molar-refractivity contribution in [3.63, 3.8) is 0 Å². The summed E-state index contributed by atoms with van der Waals surface area (Å²) in [5.74, 6) is 1.72. The minimum absolute atomic E-state index is 0.0112. The summed E-state index contributed by atoms with van der Waals surface area (Å²) in [6, 6.07) is 13.6. The molecule has 0 radical (unpaired) electrons. The Balaban J connectivity index is 2.00. The lowest BCUT2D eigenvalue weighted by Crippen LogP contribution is -2.31. The molecule has 0 aliphatic heterocycles. The minimum Gasteiger partial charge on any atom is -0.496 e. The molecule has 4 heteroatoms. The second kappa shape index (κ2) is 8.56. The predicted molar refractivity (Wildman–Crippen MR) is 100 cm³/mol. The van der Waals surface area contributed by atoms with Gasteiger partial charge in [-0.05, 0) is 43.0 Å². The molecule has 2 aromatic rings. The molecule has 134 valence electrons. The van der Waals surface area contributed by atoms with Gasteiger partial charge < -0.3 is 14.8 Å². The number of benzene rings is 2. The van der Waals surface area contributed by atoms with E-state index in [9.17, 15) is 4.79 Å². The zero-order chi connectivity index (χ0) is 18.4. The van der Waals surface area contributed by atoms with E-state index in [4.69, 9.17) is 9.47 Å². The van der Waals surface area contributed by atoms with Crippen LogP contribution in [0.1, 0.15) is 49.4 Å². The molecule has 4 nitrogen and oxygen atoms in total. The summed E-state index contributed by atoms with van der Waals surface area (Å²) in [6.07, 6.45) is 0. The number of ether oxygens (including phenoxy) is 2. The molecule has 1 N–H and O–H groups in total. The van der Waals surface area contributed by atoms with Gasteiger partial charge in [-0.2, -0.15) is 0 Å². The first-order valence-electron chi connectivity index (χ1n) is 8.58. The Morgan fingerprint density at radius 2 is 1.76 bits per heavy atom. The summed E-state index contributed by atoms with van der Waals surface area (Å²) < 4.78 is 11.1. The van der Waals surface area contributed by atoms with Crippen LogP contribution in [0.3, 0.4) is 0 Å². The van der Waals surface area contributed by atoms with Gasteiger partial charge in [0.25, 0.3) is 5.91 Å². The van der Waals surface area contributed by atoms with Crippen LogP contribution in [-0.2, 0) is 4.79 Å². The molecule has 0 spiro atoms. The summed E-state index contributed by atoms with van der Waals surface area (Å²) in [4.78, 5) is 12.3. The maximum Gasteiger partial charge on any atom is 0.258 e. The van der Waals surface area contributed by atoms with Crippen LogP contribution in [0.5, 0.6) is 11.5 Å². The van der Waals surface area contributed by atoms with Crippen molar-refractivity contribution in [2.75, 3.05) is 13.7 Å². The third-order valence-electron chi connectivity index (χ3n) is 4.13. The molecule has 0 aromatic heterocycles. The number of aryl methyl sites for hydroxylation is 1. The highest BCUT2D eigenvalue weighted by molar-refractivity contribution is 5.78. The Hall–Kier alpha value is -2.49. The fourth-order valence-electron chi connectivity index (χ4n) is 2.77. The third kappa shape index (κ3) is 4.99. The number of amides is 1. The number of carbonyl (C=O) groups is 1. The van der Waals surface area contributed by atoms with E-state index in [1.54, 1.807) is 7.11 Å². The van der Waals surface area contributed by atoms with E-state index in [0.29, 0.717) is 5.92 Å². The lowest BCUT2D eigenvalue weighted by atomic mass is 10.0. The van der Waals surface area contributed by atoms with Crippen LogP contribution >= 0.6 is 0 Å². The van der Waals surface area contributed by atoms with Gasteiger partial charge in [-0.1, -0.05) is 44.2 Å². The summed E-state index contributed by atoms with van der Waals surface area (Å²) >= 11 is 0. The van der Waals surface area contributed by atoms with Crippen LogP contribution in [0.15, 0.2) is 42.5 Å². The number of methoxy groups -OCH3 is 1. The van der Waals surface area contributed by atoms with E-state index in [2.05, 4.69) is 31.3 Å². The molecule has 1 atom stereocenters. The Morgan fingerprint density at radius 1 is 1.04 bits per heavy atom. The molecule has 0 aliphatic carbocycles. The van der Waals surface area contributed by atoms with Crippen molar-refractivity contribution in [1.82, 2.24) is 5.32 Å². The van der Waals surface area contributed by atoms with Gasteiger partial charge >= 0.3 is 0 Å². The van der Waals surface area contributed by atoms with E-state index in [1.807, 2.05) is 44.2 Å². The van der Waals surface area contributed by atoms with Crippen molar-refractivity contribution < 1.29 is 14.3 Å². The monoisotopic (exact) mass is 341 g/mol. The molecule has 0 fully saturated rings. The van der Waals surface area contributed by atoms with Crippen LogP contribution < -0.4 is 14.8 Å². The van der Waals surface area contributed by atoms with Gasteiger partial charge in [0, 0.05) is 5.56 Å². The Labute approximate surface area is 150 Å². The highest BCUT2D eigenvalue weighted by atomic mass is 16.5. The number of hydrogen-bond acceptors (Lipinski definition) is 3. The number of carbonyl (C=O) groups excluding carboxylic acids is 1. The SMILES string of the molecule is COc1ccccc1C(C)NC(=O)COc1cc(C)ccc1C(C)C. The van der Waals surface area contributed by atoms with Crippen LogP contribution in [-0.4, -0.2) is 19.6 Å². The normalized spacial score (nSPS) is 11.9. The highest BCUT2D eigenvalue weighted by Gasteiger charge is 2.15. The number of nitrogens with one attached hydrogen (secondary N) is 1. The van der Waals surface area contributed by atoms with E-state index in [1.165, 1.54) is 0 Å². The van der Waals surface area contributed by atoms with Gasteiger partial charge in [-0.3, -0.25) is 4.79 Å². The van der Waals surface area contributed by atoms with Crippen molar-refractivity contribution in [3.05, 3.63) is 59.2 Å². The predicted octanol–water partition coefficient (Wildman–Crippen LogP) is 4.38. The number of hydrogen-bond donors (Lipinski definition) is 1. The molecule has 0 bridgehead atoms. The molecule has 25 heavy (non-hydrogen) atoms. The summed E-state index contributed by atoms with van der Waals surface area (Å²) in [7, 11) is 1.63. The van der Waals surface area contributed by atoms with E-state index < -0.39 is 0 Å². The fraction of sp³-hybridized carbons (Fsp3) is 0.381. The van der Waals surface area contributed by atoms with Gasteiger partial charge in [-0.25, -0.2) is 0 Å². The maximum atomic E-state index is 12.3. The van der Waals surface area contributed by atoms with Crippen LogP contribution in [0, 0.1) is 6.92 Å². The zero-order valence-corrected chi connectivity index (χ0v) is 15.6. The lowest BCUT2D eigenvalue weighted by molar-refractivity contribution is -0.123. The lowest BCUT2D eigenvalue weighted by Gasteiger charge is -2.18. The van der Waals surface area contributed by atoms with Crippen LogP contribution in [0.25, 0.3) is 0 Å². The maximum absolute atomic E-state index is 12.3. The highest BCUT2D eigenvalue weighted by Crippen LogP contribution is 2.28. The molecule has 2 rings (SSSR count). The number of para-hydroxylation sites is 1. The average Bonchev–Trinajstić information content (AvgIpc) is 2.59. The first-order valence-corrected chi connectivity index (χ1v) is 8.58. The van der Waals surface area contributed by atoms with Crippen molar-refractivity contribution in [2.24, 2.45) is 0 Å². The molecular weight excluding hydrogens is 314 g/mol. The van der Waals surface area contributed by atoms with Gasteiger partial charge in [0.1, 0.15) is 11.5 Å². The van der Waals surface area contributed by atoms with Crippen molar-refractivity contribution in [1.29, 1.82) is 0 Å². The smallest absolute Gasteiger partial charge is 0.258 e. The van der Waals surface area contributed by atoms with Crippen molar-refractivity contribution >= 4 is 5.91 Å². The molecule has 2 aromatic carbocycles. The molecular formula is C21H27NO3. The molecule has 0 aliphatic rings. The third-order valence-corrected chi connectivity index (χ3v) is 4.13. The molecule has 0 heterocycles. The molecule has 1 amide bonds. The van der Waals surface area contributed by atoms with E-state index in [-0.39, 0.29) is 18.6 Å². The number of rotatable bonds is 7. The summed E-state index contributed by atoms with van der Waals surface area (Å²) in [5, 5.41) is 2.96. The van der Waals surface area contributed by atoms with Crippen LogP contribution in [0.2, 0.25) is 0 Å². The largest absolute Gasteiger partial charge is 0.496 e. The molecule has 0 saturated carbocycles. The van der Waals surface area contributed by atoms with Crippen molar-refractivity contribution in [2.45, 2.75) is 39.7 Å². The first kappa shape index (κ1) is 18.8. The second-order valence-electron chi connectivity index (χ2n) is 6.52. The molecule has 1 unspecified atom stereocenters. The first-order chi connectivity index (χ1) is 11.9. The molecule has 0 saturated heterocycles. The summed E-state index contributed by atoms with van der Waals surface area (Å²) in [5.41, 5.74) is 3.16. The Morgan fingerprint density at radius 3 is 2.44 bits per heavy atom. The second-order valence-corrected chi connectivity index (χ2v) is 6.52. The topological polar surface area (TPSA) is 47.6 Å². The van der Waals surface area contributed by atoms with Gasteiger partial charge in [0.2, 0.25) is 0 Å². The minimum atomic E-state index is -0.158. The van der Waals surface area contributed by atoms with Crippen molar-refractivity contribution in [3.8, 4) is 11.5 Å². The van der Waals surface area contributed by atoms with E-state index >= 15 is 0 Å². The van der Waals surface area contributed by atoms with Gasteiger partial charge in [0.05, 0.1) is 13.2 Å². The van der Waals surface area contributed by atoms with E-state index in [0.717, 1.165) is 28.2 Å². The van der Waals surface area contributed by atoms with Gasteiger partial charge in [0.15, 0.2) is 6.61 Å². The Bertz CT molecular complexity index is 725. The quantitative estimate of drug-likeness (QED) is 0.813. The zero-order valence-electron chi connectivity index (χ0n) is 15.6. The van der Waals surface area contributed by atoms with Crippen LogP contribution in [0.4, 0.5) is 0 Å². The van der Waals surface area contributed by atoms with Gasteiger partial charge in [-0.15, -0.1) is 0 Å². The Kier molecular flexibility index (Phi) is 6.45.